The van der Waals surface area contributed by atoms with Gasteiger partial charge in [-0.3, -0.25) is 9.59 Å². The van der Waals surface area contributed by atoms with Crippen molar-refractivity contribution in [1.29, 1.82) is 0 Å². The van der Waals surface area contributed by atoms with Gasteiger partial charge in [0.05, 0.1) is 4.90 Å². The van der Waals surface area contributed by atoms with E-state index in [1.165, 1.54) is 6.07 Å². The van der Waals surface area contributed by atoms with Gasteiger partial charge in [0.2, 0.25) is 21.8 Å². The zero-order valence-corrected chi connectivity index (χ0v) is 18.5. The van der Waals surface area contributed by atoms with Gasteiger partial charge in [-0.05, 0) is 69.0 Å². The number of anilines is 2. The summed E-state index contributed by atoms with van der Waals surface area (Å²) >= 11 is 0. The van der Waals surface area contributed by atoms with Gasteiger partial charge in [0, 0.05) is 36.3 Å². The van der Waals surface area contributed by atoms with Crippen LogP contribution in [0.3, 0.4) is 0 Å². The number of hydrogen-bond acceptors (Lipinski definition) is 4. The number of fused-ring (bicyclic) bond motifs is 1. The summed E-state index contributed by atoms with van der Waals surface area (Å²) < 4.78 is 27.9. The molecular weight excluding hydrogens is 414 g/mol. The fourth-order valence-electron chi connectivity index (χ4n) is 3.88. The molecule has 1 heterocycles. The van der Waals surface area contributed by atoms with Crippen LogP contribution in [0.2, 0.25) is 0 Å². The van der Waals surface area contributed by atoms with Crippen LogP contribution in [0.5, 0.6) is 0 Å². The molecule has 164 valence electrons. The molecule has 1 saturated carbocycles. The van der Waals surface area contributed by atoms with Crippen molar-refractivity contribution in [2.45, 2.75) is 50.5 Å². The number of carbonyl (C=O) groups is 2. The van der Waals surface area contributed by atoms with Crippen LogP contribution in [0.25, 0.3) is 0 Å². The molecule has 2 aliphatic rings. The molecule has 1 fully saturated rings. The van der Waals surface area contributed by atoms with E-state index < -0.39 is 10.0 Å². The van der Waals surface area contributed by atoms with Crippen LogP contribution in [0, 0.1) is 12.8 Å². The first-order chi connectivity index (χ1) is 14.7. The number of rotatable bonds is 7. The van der Waals surface area contributed by atoms with E-state index >= 15 is 0 Å². The highest BCUT2D eigenvalue weighted by molar-refractivity contribution is 7.89. The van der Waals surface area contributed by atoms with Crippen LogP contribution in [0.1, 0.15) is 37.3 Å². The highest BCUT2D eigenvalue weighted by Crippen LogP contribution is 2.39. The van der Waals surface area contributed by atoms with E-state index in [0.717, 1.165) is 29.7 Å². The Morgan fingerprint density at radius 2 is 1.81 bits per heavy atom. The van der Waals surface area contributed by atoms with E-state index in [1.54, 1.807) is 24.3 Å². The molecule has 1 aliphatic carbocycles. The summed E-state index contributed by atoms with van der Waals surface area (Å²) in [6.07, 6.45) is 2.53. The summed E-state index contributed by atoms with van der Waals surface area (Å²) in [5, 5.41) is 2.75. The highest BCUT2D eigenvalue weighted by atomic mass is 32.2. The maximum atomic E-state index is 12.7. The van der Waals surface area contributed by atoms with Gasteiger partial charge in [-0.15, -0.1) is 0 Å². The van der Waals surface area contributed by atoms with Crippen molar-refractivity contribution < 1.29 is 18.0 Å². The Morgan fingerprint density at radius 3 is 2.48 bits per heavy atom. The fraction of sp³-hybridized carbons (Fsp3) is 0.391. The summed E-state index contributed by atoms with van der Waals surface area (Å²) in [7, 11) is -3.75. The van der Waals surface area contributed by atoms with Crippen molar-refractivity contribution in [3.63, 3.8) is 0 Å². The standard InChI is InChI=1S/C23H27N3O4S/c1-15-3-7-19(8-4-15)25-22(27)11-12-24-31(29,30)20-9-10-21-18(14-20)13-16(2)26(21)23(28)17-5-6-17/h3-4,7-10,14,16-17,24H,5-6,11-13H2,1-2H3,(H,25,27). The SMILES string of the molecule is Cc1ccc(NC(=O)CCNS(=O)(=O)c2ccc3c(c2)CC(C)N3C(=O)C2CC2)cc1. The fourth-order valence-corrected chi connectivity index (χ4v) is 4.96. The molecule has 0 radical (unpaired) electrons. The molecule has 2 aromatic carbocycles. The Hall–Kier alpha value is -2.71. The molecular formula is C23H27N3O4S. The molecule has 8 heteroatoms. The first kappa shape index (κ1) is 21.5. The van der Waals surface area contributed by atoms with Crippen molar-refractivity contribution in [1.82, 2.24) is 4.72 Å². The Morgan fingerprint density at radius 1 is 1.10 bits per heavy atom. The lowest BCUT2D eigenvalue weighted by molar-refractivity contribution is -0.120. The maximum Gasteiger partial charge on any atom is 0.240 e. The summed E-state index contributed by atoms with van der Waals surface area (Å²) in [6, 6.07) is 12.3. The topological polar surface area (TPSA) is 95.6 Å². The smallest absolute Gasteiger partial charge is 0.240 e. The molecule has 1 atom stereocenters. The lowest BCUT2D eigenvalue weighted by atomic mass is 10.1. The quantitative estimate of drug-likeness (QED) is 0.691. The van der Waals surface area contributed by atoms with Gasteiger partial charge < -0.3 is 10.2 Å². The predicted octanol–water partition coefficient (Wildman–Crippen LogP) is 2.99. The number of nitrogens with one attached hydrogen (secondary N) is 2. The van der Waals surface area contributed by atoms with Crippen LogP contribution in [0.4, 0.5) is 11.4 Å². The zero-order valence-electron chi connectivity index (χ0n) is 17.7. The van der Waals surface area contributed by atoms with Crippen LogP contribution in [-0.2, 0) is 26.0 Å². The predicted molar refractivity (Wildman–Crippen MR) is 119 cm³/mol. The highest BCUT2D eigenvalue weighted by Gasteiger charge is 2.39. The molecule has 7 nitrogen and oxygen atoms in total. The van der Waals surface area contributed by atoms with Crippen LogP contribution < -0.4 is 14.9 Å². The number of carbonyl (C=O) groups excluding carboxylic acids is 2. The van der Waals surface area contributed by atoms with Gasteiger partial charge in [-0.2, -0.15) is 0 Å². The Balaban J connectivity index is 1.37. The molecule has 2 aromatic rings. The average Bonchev–Trinajstić information content (AvgIpc) is 3.51. The lowest BCUT2D eigenvalue weighted by Crippen LogP contribution is -2.36. The largest absolute Gasteiger partial charge is 0.326 e. The van der Waals surface area contributed by atoms with E-state index in [2.05, 4.69) is 10.0 Å². The zero-order chi connectivity index (χ0) is 22.2. The summed E-state index contributed by atoms with van der Waals surface area (Å²) in [5.41, 5.74) is 3.44. The number of nitrogens with zero attached hydrogens (tertiary/aromatic N) is 1. The third-order valence-corrected chi connectivity index (χ3v) is 7.18. The first-order valence-electron chi connectivity index (χ1n) is 10.6. The molecule has 0 bridgehead atoms. The molecule has 0 aromatic heterocycles. The summed E-state index contributed by atoms with van der Waals surface area (Å²) in [4.78, 5) is 26.6. The van der Waals surface area contributed by atoms with Gasteiger partial charge in [0.25, 0.3) is 0 Å². The number of sulfonamides is 1. The minimum absolute atomic E-state index is 0.000192. The minimum Gasteiger partial charge on any atom is -0.326 e. The summed E-state index contributed by atoms with van der Waals surface area (Å²) in [6.45, 7) is 3.95. The van der Waals surface area contributed by atoms with Crippen molar-refractivity contribution in [2.24, 2.45) is 5.92 Å². The van der Waals surface area contributed by atoms with E-state index in [0.29, 0.717) is 12.1 Å². The van der Waals surface area contributed by atoms with Gasteiger partial charge in [-0.25, -0.2) is 13.1 Å². The van der Waals surface area contributed by atoms with Gasteiger partial charge in [0.15, 0.2) is 0 Å². The molecule has 0 saturated heterocycles. The minimum atomic E-state index is -3.75. The second-order valence-electron chi connectivity index (χ2n) is 8.39. The van der Waals surface area contributed by atoms with Crippen molar-refractivity contribution in [3.8, 4) is 0 Å². The van der Waals surface area contributed by atoms with Crippen LogP contribution in [0.15, 0.2) is 47.4 Å². The third-order valence-electron chi connectivity index (χ3n) is 5.72. The molecule has 2 N–H and O–H groups in total. The van der Waals surface area contributed by atoms with Gasteiger partial charge >= 0.3 is 0 Å². The second-order valence-corrected chi connectivity index (χ2v) is 10.2. The Labute approximate surface area is 182 Å². The number of amides is 2. The van der Waals surface area contributed by atoms with Crippen molar-refractivity contribution in [3.05, 3.63) is 53.6 Å². The second kappa shape index (κ2) is 8.43. The van der Waals surface area contributed by atoms with E-state index in [4.69, 9.17) is 0 Å². The molecule has 1 aliphatic heterocycles. The molecule has 4 rings (SSSR count). The van der Waals surface area contributed by atoms with Crippen molar-refractivity contribution in [2.75, 3.05) is 16.8 Å². The van der Waals surface area contributed by atoms with E-state index in [-0.39, 0.29) is 41.6 Å². The number of aryl methyl sites for hydroxylation is 1. The maximum absolute atomic E-state index is 12.7. The Bertz CT molecular complexity index is 1110. The summed E-state index contributed by atoms with van der Waals surface area (Å²) in [5.74, 6) is -0.00679. The molecule has 31 heavy (non-hydrogen) atoms. The van der Waals surface area contributed by atoms with E-state index in [1.807, 2.05) is 30.9 Å². The molecule has 0 spiro atoms. The van der Waals surface area contributed by atoms with Crippen molar-refractivity contribution >= 4 is 33.2 Å². The average molecular weight is 442 g/mol. The third kappa shape index (κ3) is 4.80. The van der Waals surface area contributed by atoms with Gasteiger partial charge in [0.1, 0.15) is 0 Å². The number of hydrogen-bond donors (Lipinski definition) is 2. The monoisotopic (exact) mass is 441 g/mol. The Kier molecular flexibility index (Phi) is 5.85. The molecule has 1 unspecified atom stereocenters. The molecule has 2 amide bonds. The number of benzene rings is 2. The van der Waals surface area contributed by atoms with E-state index in [9.17, 15) is 18.0 Å². The first-order valence-corrected chi connectivity index (χ1v) is 12.0. The normalized spacial score (nSPS) is 18.0. The van der Waals surface area contributed by atoms with Crippen LogP contribution >= 0.6 is 0 Å². The van der Waals surface area contributed by atoms with Crippen LogP contribution in [-0.4, -0.2) is 32.8 Å². The van der Waals surface area contributed by atoms with Gasteiger partial charge in [-0.1, -0.05) is 17.7 Å². The lowest BCUT2D eigenvalue weighted by Gasteiger charge is -2.22.